The molecule has 1 atom stereocenters. The summed E-state index contributed by atoms with van der Waals surface area (Å²) >= 11 is 2.16. The molecule has 1 aromatic rings. The highest BCUT2D eigenvalue weighted by Crippen LogP contribution is 2.34. The minimum atomic E-state index is -0.804. The van der Waals surface area contributed by atoms with Crippen LogP contribution in [0.3, 0.4) is 0 Å². The summed E-state index contributed by atoms with van der Waals surface area (Å²) in [5.74, 6) is 0. The van der Waals surface area contributed by atoms with Crippen LogP contribution in [0.2, 0.25) is 0 Å². The smallest absolute Gasteiger partial charge is 0.223 e. The van der Waals surface area contributed by atoms with Gasteiger partial charge in [-0.3, -0.25) is 0 Å². The van der Waals surface area contributed by atoms with Crippen molar-refractivity contribution in [3.05, 3.63) is 33.7 Å². The molecule has 0 saturated heterocycles. The molecule has 2 heterocycles. The number of halogens is 1. The Morgan fingerprint density at radius 1 is 1.50 bits per heavy atom. The van der Waals surface area contributed by atoms with E-state index in [9.17, 15) is 5.11 Å². The average molecular weight is 274 g/mol. The largest absolute Gasteiger partial charge is 0.374 e. The van der Waals surface area contributed by atoms with Gasteiger partial charge in [0.25, 0.3) is 0 Å². The fourth-order valence-corrected chi connectivity index (χ4v) is 1.93. The van der Waals surface area contributed by atoms with Crippen molar-refractivity contribution in [1.29, 1.82) is 0 Å². The summed E-state index contributed by atoms with van der Waals surface area (Å²) in [6.45, 7) is 1.81. The standard InChI is InChI=1S/C9H9INO/c1-9(12)7(10)6-11-5-3-2-4-8(9)11/h2-6,12H,1H3/q+1. The van der Waals surface area contributed by atoms with E-state index >= 15 is 0 Å². The fourth-order valence-electron chi connectivity index (χ4n) is 1.35. The van der Waals surface area contributed by atoms with Crippen molar-refractivity contribution in [3.8, 4) is 0 Å². The summed E-state index contributed by atoms with van der Waals surface area (Å²) in [4.78, 5) is 0. The van der Waals surface area contributed by atoms with E-state index in [1.807, 2.05) is 42.1 Å². The zero-order valence-corrected chi connectivity index (χ0v) is 8.82. The second-order valence-corrected chi connectivity index (χ2v) is 4.20. The Morgan fingerprint density at radius 2 is 2.25 bits per heavy atom. The molecule has 0 aliphatic carbocycles. The zero-order valence-electron chi connectivity index (χ0n) is 6.66. The van der Waals surface area contributed by atoms with Crippen LogP contribution in [0.25, 0.3) is 6.20 Å². The Labute approximate surface area is 84.7 Å². The summed E-state index contributed by atoms with van der Waals surface area (Å²) in [6.07, 6.45) is 3.88. The van der Waals surface area contributed by atoms with Gasteiger partial charge in [-0.05, 0) is 35.6 Å². The lowest BCUT2D eigenvalue weighted by atomic mass is 10.0. The Kier molecular flexibility index (Phi) is 1.73. The van der Waals surface area contributed by atoms with E-state index < -0.39 is 5.60 Å². The van der Waals surface area contributed by atoms with Crippen LogP contribution in [0, 0.1) is 0 Å². The number of aliphatic hydroxyl groups is 1. The van der Waals surface area contributed by atoms with Crippen LogP contribution >= 0.6 is 22.6 Å². The van der Waals surface area contributed by atoms with Crippen LogP contribution in [0.1, 0.15) is 12.6 Å². The number of hydrogen-bond donors (Lipinski definition) is 1. The highest BCUT2D eigenvalue weighted by molar-refractivity contribution is 14.1. The highest BCUT2D eigenvalue weighted by atomic mass is 127. The molecule has 0 radical (unpaired) electrons. The van der Waals surface area contributed by atoms with Crippen molar-refractivity contribution >= 4 is 28.8 Å². The molecule has 0 saturated carbocycles. The maximum atomic E-state index is 10.0. The summed E-state index contributed by atoms with van der Waals surface area (Å²) in [6, 6.07) is 5.82. The van der Waals surface area contributed by atoms with Crippen LogP contribution in [-0.4, -0.2) is 5.11 Å². The zero-order chi connectivity index (χ0) is 8.77. The van der Waals surface area contributed by atoms with Crippen molar-refractivity contribution in [2.24, 2.45) is 0 Å². The van der Waals surface area contributed by atoms with E-state index in [1.165, 1.54) is 0 Å². The monoisotopic (exact) mass is 274 g/mol. The van der Waals surface area contributed by atoms with Gasteiger partial charge in [-0.1, -0.05) is 0 Å². The molecule has 1 aliphatic rings. The first-order chi connectivity index (χ1) is 5.62. The number of rotatable bonds is 0. The molecule has 3 heteroatoms. The number of hydrogen-bond acceptors (Lipinski definition) is 1. The van der Waals surface area contributed by atoms with E-state index in [0.29, 0.717) is 0 Å². The molecule has 1 aromatic heterocycles. The van der Waals surface area contributed by atoms with Crippen LogP contribution < -0.4 is 4.57 Å². The molecule has 0 bridgehead atoms. The molecule has 0 aromatic carbocycles. The predicted octanol–water partition coefficient (Wildman–Crippen LogP) is 1.43. The minimum absolute atomic E-state index is 0.804. The van der Waals surface area contributed by atoms with Gasteiger partial charge in [0.2, 0.25) is 5.69 Å². The van der Waals surface area contributed by atoms with Gasteiger partial charge in [0, 0.05) is 12.1 Å². The van der Waals surface area contributed by atoms with Crippen molar-refractivity contribution in [2.45, 2.75) is 12.5 Å². The van der Waals surface area contributed by atoms with Gasteiger partial charge in [0.05, 0.1) is 3.58 Å². The lowest BCUT2D eigenvalue weighted by Gasteiger charge is -2.11. The Bertz CT molecular complexity index is 357. The third kappa shape index (κ3) is 0.998. The molecule has 12 heavy (non-hydrogen) atoms. The number of fused-ring (bicyclic) bond motifs is 1. The maximum absolute atomic E-state index is 10.0. The van der Waals surface area contributed by atoms with Crippen LogP contribution in [-0.2, 0) is 5.60 Å². The van der Waals surface area contributed by atoms with Gasteiger partial charge in [-0.2, -0.15) is 4.57 Å². The Balaban J connectivity index is 2.66. The summed E-state index contributed by atoms with van der Waals surface area (Å²) in [5, 5.41) is 10.0. The molecule has 1 N–H and O–H groups in total. The van der Waals surface area contributed by atoms with Crippen molar-refractivity contribution < 1.29 is 9.67 Å². The normalized spacial score (nSPS) is 26.8. The molecule has 1 unspecified atom stereocenters. The van der Waals surface area contributed by atoms with E-state index in [1.54, 1.807) is 0 Å². The quantitative estimate of drug-likeness (QED) is 0.561. The number of nitrogens with zero attached hydrogens (tertiary/aromatic N) is 1. The van der Waals surface area contributed by atoms with Crippen molar-refractivity contribution in [3.63, 3.8) is 0 Å². The van der Waals surface area contributed by atoms with Crippen molar-refractivity contribution in [1.82, 2.24) is 0 Å². The van der Waals surface area contributed by atoms with Crippen LogP contribution in [0.15, 0.2) is 28.0 Å². The van der Waals surface area contributed by atoms with Gasteiger partial charge >= 0.3 is 0 Å². The van der Waals surface area contributed by atoms with Gasteiger partial charge < -0.3 is 5.11 Å². The fraction of sp³-hybridized carbons (Fsp3) is 0.222. The number of aromatic nitrogens is 1. The first-order valence-electron chi connectivity index (χ1n) is 3.73. The molecule has 62 valence electrons. The lowest BCUT2D eigenvalue weighted by Crippen LogP contribution is -2.33. The maximum Gasteiger partial charge on any atom is 0.223 e. The minimum Gasteiger partial charge on any atom is -0.374 e. The molecular formula is C9H9INO+. The summed E-state index contributed by atoms with van der Waals surface area (Å²) in [5.41, 5.74) is 0.122. The Hall–Kier alpha value is -0.420. The second kappa shape index (κ2) is 2.53. The molecule has 2 rings (SSSR count). The van der Waals surface area contributed by atoms with Gasteiger partial charge in [0.15, 0.2) is 18.0 Å². The summed E-state index contributed by atoms with van der Waals surface area (Å²) < 4.78 is 2.90. The van der Waals surface area contributed by atoms with Gasteiger partial charge in [0.1, 0.15) is 0 Å². The molecule has 0 amide bonds. The van der Waals surface area contributed by atoms with Gasteiger partial charge in [-0.15, -0.1) is 0 Å². The van der Waals surface area contributed by atoms with Crippen LogP contribution in [0.4, 0.5) is 0 Å². The van der Waals surface area contributed by atoms with E-state index in [4.69, 9.17) is 0 Å². The second-order valence-electron chi connectivity index (χ2n) is 3.04. The highest BCUT2D eigenvalue weighted by Gasteiger charge is 2.41. The number of pyridine rings is 1. The van der Waals surface area contributed by atoms with E-state index in [0.717, 1.165) is 9.27 Å². The summed E-state index contributed by atoms with van der Waals surface area (Å²) in [7, 11) is 0. The average Bonchev–Trinajstić information content (AvgIpc) is 2.25. The lowest BCUT2D eigenvalue weighted by molar-refractivity contribution is -0.577. The third-order valence-electron chi connectivity index (χ3n) is 2.11. The Morgan fingerprint density at radius 3 is 2.92 bits per heavy atom. The molecular weight excluding hydrogens is 265 g/mol. The SMILES string of the molecule is CC1(O)C(I)=C[n+]2ccccc21. The predicted molar refractivity (Wildman–Crippen MR) is 54.5 cm³/mol. The third-order valence-corrected chi connectivity index (χ3v) is 3.44. The first kappa shape index (κ1) is 8.19. The molecule has 2 nitrogen and oxygen atoms in total. The van der Waals surface area contributed by atoms with Crippen molar-refractivity contribution in [2.75, 3.05) is 0 Å². The van der Waals surface area contributed by atoms with Crippen LogP contribution in [0.5, 0.6) is 0 Å². The first-order valence-corrected chi connectivity index (χ1v) is 4.81. The van der Waals surface area contributed by atoms with Gasteiger partial charge in [-0.25, -0.2) is 0 Å². The molecule has 1 aliphatic heterocycles. The van der Waals surface area contributed by atoms with E-state index in [-0.39, 0.29) is 0 Å². The molecule has 0 spiro atoms. The van der Waals surface area contributed by atoms with E-state index in [2.05, 4.69) is 22.6 Å². The molecule has 0 fully saturated rings. The topological polar surface area (TPSA) is 24.1 Å².